The number of carbonyl (C=O) groups excluding carboxylic acids is 2. The first-order chi connectivity index (χ1) is 17.8. The normalized spacial score (nSPS) is 10.0. The van der Waals surface area contributed by atoms with Gasteiger partial charge in [0.05, 0.1) is 28.4 Å². The molecule has 3 aromatic carbocycles. The minimum atomic E-state index is -0.600. The van der Waals surface area contributed by atoms with Crippen molar-refractivity contribution in [3.63, 3.8) is 0 Å². The van der Waals surface area contributed by atoms with E-state index in [-0.39, 0.29) is 22.8 Å². The van der Waals surface area contributed by atoms with Gasteiger partial charge in [0.15, 0.2) is 34.6 Å². The molecule has 0 aromatic heterocycles. The average Bonchev–Trinajstić information content (AvgIpc) is 2.95. The number of methoxy groups -OCH3 is 4. The number of ether oxygens (including phenoxy) is 5. The van der Waals surface area contributed by atoms with Crippen LogP contribution in [0.5, 0.6) is 34.5 Å². The number of aliphatic hydroxyl groups is 2. The van der Waals surface area contributed by atoms with Crippen molar-refractivity contribution in [2.45, 2.75) is 6.61 Å². The molecule has 0 aliphatic carbocycles. The number of phenols is 1. The highest BCUT2D eigenvalue weighted by Crippen LogP contribution is 2.39. The molecule has 0 fully saturated rings. The fourth-order valence-corrected chi connectivity index (χ4v) is 3.15. The summed E-state index contributed by atoms with van der Waals surface area (Å²) in [4.78, 5) is 22.9. The summed E-state index contributed by atoms with van der Waals surface area (Å²) in [6.45, 7) is -0.825. The predicted octanol–water partition coefficient (Wildman–Crippen LogP) is 3.04. The van der Waals surface area contributed by atoms with Crippen LogP contribution in [0.3, 0.4) is 0 Å². The first-order valence-corrected chi connectivity index (χ1v) is 11.0. The highest BCUT2D eigenvalue weighted by Gasteiger charge is 2.18. The number of carbonyl (C=O) groups is 2. The van der Waals surface area contributed by atoms with Crippen LogP contribution in [0.15, 0.2) is 54.6 Å². The highest BCUT2D eigenvalue weighted by atomic mass is 16.5. The Hall–Kier alpha value is -4.28. The van der Waals surface area contributed by atoms with E-state index in [1.165, 1.54) is 52.7 Å². The summed E-state index contributed by atoms with van der Waals surface area (Å²) >= 11 is 0. The molecule has 0 amide bonds. The Kier molecular flexibility index (Phi) is 11.2. The number of aliphatic hydroxyl groups excluding tert-OH is 2. The third kappa shape index (κ3) is 7.60. The molecule has 10 nitrogen and oxygen atoms in total. The van der Waals surface area contributed by atoms with Gasteiger partial charge in [-0.15, -0.1) is 0 Å². The van der Waals surface area contributed by atoms with E-state index >= 15 is 0 Å². The Bertz CT molecular complexity index is 1140. The Balaban J connectivity index is 0.000000281. The zero-order valence-corrected chi connectivity index (χ0v) is 21.0. The molecule has 0 saturated carbocycles. The first kappa shape index (κ1) is 29.0. The summed E-state index contributed by atoms with van der Waals surface area (Å²) in [6, 6.07) is 15.4. The van der Waals surface area contributed by atoms with Gasteiger partial charge in [-0.2, -0.15) is 0 Å². The van der Waals surface area contributed by atoms with Gasteiger partial charge < -0.3 is 39.0 Å². The molecule has 0 aliphatic rings. The summed E-state index contributed by atoms with van der Waals surface area (Å²) in [7, 11) is 5.69. The molecule has 37 heavy (non-hydrogen) atoms. The standard InChI is InChI=1S/C17H18O5.C10H12O5/c1-20-15-8-13(14(19)10-18)9-16(21-2)17(15)22-11-12-6-4-3-5-7-12;1-14-8-3-6(7(12)5-11)4-9(15-2)10(8)13/h3-9,18H,10-11H2,1-2H3;3-4,11,13H,5H2,1-2H3. The maximum Gasteiger partial charge on any atom is 0.203 e. The number of benzene rings is 3. The first-order valence-electron chi connectivity index (χ1n) is 11.0. The molecule has 0 atom stereocenters. The molecule has 198 valence electrons. The minimum absolute atomic E-state index is 0.131. The van der Waals surface area contributed by atoms with Gasteiger partial charge in [-0.1, -0.05) is 30.3 Å². The van der Waals surface area contributed by atoms with Gasteiger partial charge in [-0.05, 0) is 29.8 Å². The highest BCUT2D eigenvalue weighted by molar-refractivity contribution is 5.98. The Morgan fingerprint density at radius 2 is 1.08 bits per heavy atom. The van der Waals surface area contributed by atoms with Crippen molar-refractivity contribution in [3.05, 3.63) is 71.3 Å². The van der Waals surface area contributed by atoms with Gasteiger partial charge >= 0.3 is 0 Å². The second kappa shape index (κ2) is 14.3. The molecule has 0 saturated heterocycles. The van der Waals surface area contributed by atoms with Crippen LogP contribution in [0.1, 0.15) is 26.3 Å². The molecule has 0 heterocycles. The number of hydrogen-bond donors (Lipinski definition) is 3. The van der Waals surface area contributed by atoms with E-state index in [1.54, 1.807) is 0 Å². The molecular formula is C27H30O10. The number of phenolic OH excluding ortho intramolecular Hbond substituents is 1. The minimum Gasteiger partial charge on any atom is -0.502 e. The molecule has 3 aromatic rings. The van der Waals surface area contributed by atoms with Gasteiger partial charge in [-0.25, -0.2) is 0 Å². The van der Waals surface area contributed by atoms with Crippen molar-refractivity contribution in [1.29, 1.82) is 0 Å². The third-order valence-electron chi connectivity index (χ3n) is 5.10. The molecule has 0 spiro atoms. The van der Waals surface area contributed by atoms with Crippen molar-refractivity contribution < 1.29 is 48.6 Å². The van der Waals surface area contributed by atoms with Gasteiger partial charge in [0, 0.05) is 11.1 Å². The third-order valence-corrected chi connectivity index (χ3v) is 5.10. The molecular weight excluding hydrogens is 484 g/mol. The fourth-order valence-electron chi connectivity index (χ4n) is 3.15. The monoisotopic (exact) mass is 514 g/mol. The molecule has 0 radical (unpaired) electrons. The number of Topliss-reactive ketones (excluding diaryl/α,β-unsaturated/α-hetero) is 2. The van der Waals surface area contributed by atoms with Crippen molar-refractivity contribution in [3.8, 4) is 34.5 Å². The number of ketones is 2. The van der Waals surface area contributed by atoms with Crippen molar-refractivity contribution in [2.24, 2.45) is 0 Å². The Morgan fingerprint density at radius 1 is 0.676 bits per heavy atom. The number of hydrogen-bond acceptors (Lipinski definition) is 10. The zero-order chi connectivity index (χ0) is 27.4. The van der Waals surface area contributed by atoms with Crippen LogP contribution in [0.25, 0.3) is 0 Å². The summed E-state index contributed by atoms with van der Waals surface area (Å²) in [6.07, 6.45) is 0. The van der Waals surface area contributed by atoms with E-state index in [0.717, 1.165) is 5.56 Å². The van der Waals surface area contributed by atoms with Gasteiger partial charge in [0.25, 0.3) is 0 Å². The van der Waals surface area contributed by atoms with Crippen LogP contribution in [0.4, 0.5) is 0 Å². The van der Waals surface area contributed by atoms with Gasteiger partial charge in [-0.3, -0.25) is 9.59 Å². The lowest BCUT2D eigenvalue weighted by Crippen LogP contribution is -2.07. The molecule has 3 N–H and O–H groups in total. The molecule has 3 rings (SSSR count). The lowest BCUT2D eigenvalue weighted by Gasteiger charge is -2.15. The van der Waals surface area contributed by atoms with E-state index in [0.29, 0.717) is 29.4 Å². The van der Waals surface area contributed by atoms with Crippen LogP contribution in [0, 0.1) is 0 Å². The van der Waals surface area contributed by atoms with Crippen LogP contribution in [0.2, 0.25) is 0 Å². The fraction of sp³-hybridized carbons (Fsp3) is 0.259. The largest absolute Gasteiger partial charge is 0.502 e. The smallest absolute Gasteiger partial charge is 0.203 e. The van der Waals surface area contributed by atoms with Crippen molar-refractivity contribution in [1.82, 2.24) is 0 Å². The van der Waals surface area contributed by atoms with Crippen molar-refractivity contribution in [2.75, 3.05) is 41.7 Å². The SMILES string of the molecule is COc1cc(C(=O)CO)cc(OC)c1O.COc1cc(C(=O)CO)cc(OC)c1OCc1ccccc1. The molecule has 0 unspecified atom stereocenters. The second-order valence-corrected chi connectivity index (χ2v) is 7.38. The maximum absolute atomic E-state index is 11.6. The lowest BCUT2D eigenvalue weighted by atomic mass is 10.1. The Labute approximate surface area is 214 Å². The average molecular weight is 515 g/mol. The summed E-state index contributed by atoms with van der Waals surface area (Å²) in [5.74, 6) is 0.395. The van der Waals surface area contributed by atoms with E-state index in [4.69, 9.17) is 33.9 Å². The van der Waals surface area contributed by atoms with Crippen LogP contribution in [-0.2, 0) is 6.61 Å². The maximum atomic E-state index is 11.6. The Morgan fingerprint density at radius 3 is 1.46 bits per heavy atom. The van der Waals surface area contributed by atoms with Gasteiger partial charge in [0.2, 0.25) is 11.5 Å². The van der Waals surface area contributed by atoms with Crippen LogP contribution in [-0.4, -0.2) is 68.5 Å². The van der Waals surface area contributed by atoms with Crippen LogP contribution < -0.4 is 23.7 Å². The van der Waals surface area contributed by atoms with Gasteiger partial charge in [0.1, 0.15) is 19.8 Å². The summed E-state index contributed by atoms with van der Waals surface area (Å²) < 4.78 is 26.0. The second-order valence-electron chi connectivity index (χ2n) is 7.38. The zero-order valence-electron chi connectivity index (χ0n) is 21.0. The van der Waals surface area contributed by atoms with E-state index < -0.39 is 24.8 Å². The molecule has 0 aliphatic heterocycles. The quantitative estimate of drug-likeness (QED) is 0.327. The van der Waals surface area contributed by atoms with Crippen LogP contribution >= 0.6 is 0 Å². The van der Waals surface area contributed by atoms with Crippen molar-refractivity contribution >= 4 is 11.6 Å². The van der Waals surface area contributed by atoms with E-state index in [1.807, 2.05) is 30.3 Å². The summed E-state index contributed by atoms with van der Waals surface area (Å²) in [5, 5.41) is 27.2. The number of rotatable bonds is 11. The van der Waals surface area contributed by atoms with E-state index in [2.05, 4.69) is 0 Å². The van der Waals surface area contributed by atoms with E-state index in [9.17, 15) is 14.7 Å². The molecule has 0 bridgehead atoms. The molecule has 10 heteroatoms. The number of aromatic hydroxyl groups is 1. The summed E-state index contributed by atoms with van der Waals surface area (Å²) in [5.41, 5.74) is 1.54. The lowest BCUT2D eigenvalue weighted by molar-refractivity contribution is 0.0897. The topological polar surface area (TPSA) is 141 Å². The predicted molar refractivity (Wildman–Crippen MR) is 134 cm³/mol.